The summed E-state index contributed by atoms with van der Waals surface area (Å²) in [6.07, 6.45) is 2.09. The molecule has 2 aliphatic rings. The van der Waals surface area contributed by atoms with Crippen molar-refractivity contribution in [3.63, 3.8) is 0 Å². The van der Waals surface area contributed by atoms with Crippen LogP contribution in [0.3, 0.4) is 0 Å². The van der Waals surface area contributed by atoms with Crippen molar-refractivity contribution in [3.05, 3.63) is 30.0 Å². The van der Waals surface area contributed by atoms with Crippen LogP contribution in [-0.4, -0.2) is 52.8 Å². The summed E-state index contributed by atoms with van der Waals surface area (Å²) in [7, 11) is 0. The number of fused-ring (bicyclic) bond motifs is 1. The van der Waals surface area contributed by atoms with Gasteiger partial charge in [-0.3, -0.25) is 4.99 Å². The maximum atomic E-state index is 9.25. The standard InChI is InChI=1S/C17H21N3O2S/c21-9-13-10-23-17(19-13)15-8-11-2-1-3-14(16(11)20-15)18-12-4-6-22-7-5-12/h1-3,8,12-13,18,20-21H,4-7,9-10H2. The fourth-order valence-corrected chi connectivity index (χ4v) is 4.13. The monoisotopic (exact) mass is 331 g/mol. The lowest BCUT2D eigenvalue weighted by molar-refractivity contribution is 0.0905. The van der Waals surface area contributed by atoms with E-state index in [-0.39, 0.29) is 12.6 Å². The van der Waals surface area contributed by atoms with Crippen LogP contribution < -0.4 is 5.32 Å². The van der Waals surface area contributed by atoms with Gasteiger partial charge in [-0.15, -0.1) is 11.8 Å². The zero-order chi connectivity index (χ0) is 15.6. The number of aliphatic hydroxyl groups excluding tert-OH is 1. The van der Waals surface area contributed by atoms with Gasteiger partial charge < -0.3 is 20.1 Å². The lowest BCUT2D eigenvalue weighted by Crippen LogP contribution is -2.27. The van der Waals surface area contributed by atoms with E-state index in [0.29, 0.717) is 6.04 Å². The normalized spacial score (nSPS) is 22.5. The Morgan fingerprint density at radius 2 is 2.22 bits per heavy atom. The van der Waals surface area contributed by atoms with E-state index in [2.05, 4.69) is 39.6 Å². The van der Waals surface area contributed by atoms with Crippen molar-refractivity contribution >= 4 is 33.4 Å². The first-order chi connectivity index (χ1) is 11.3. The molecule has 5 nitrogen and oxygen atoms in total. The molecule has 0 amide bonds. The first kappa shape index (κ1) is 15.1. The molecule has 1 aromatic heterocycles. The minimum Gasteiger partial charge on any atom is -0.394 e. The molecule has 0 bridgehead atoms. The molecule has 1 aromatic carbocycles. The summed E-state index contributed by atoms with van der Waals surface area (Å²) in [4.78, 5) is 8.09. The first-order valence-electron chi connectivity index (χ1n) is 8.11. The second-order valence-corrected chi connectivity index (χ2v) is 7.07. The molecule has 1 unspecified atom stereocenters. The van der Waals surface area contributed by atoms with E-state index in [9.17, 15) is 5.11 Å². The van der Waals surface area contributed by atoms with Crippen molar-refractivity contribution in [1.29, 1.82) is 0 Å². The first-order valence-corrected chi connectivity index (χ1v) is 9.10. The van der Waals surface area contributed by atoms with Gasteiger partial charge in [-0.05, 0) is 25.0 Å². The highest BCUT2D eigenvalue weighted by atomic mass is 32.2. The Balaban J connectivity index is 1.62. The molecule has 1 saturated heterocycles. The van der Waals surface area contributed by atoms with Crippen LogP contribution in [0.2, 0.25) is 0 Å². The molecule has 3 heterocycles. The van der Waals surface area contributed by atoms with Crippen molar-refractivity contribution in [3.8, 4) is 0 Å². The molecule has 1 atom stereocenters. The van der Waals surface area contributed by atoms with Crippen molar-refractivity contribution < 1.29 is 9.84 Å². The van der Waals surface area contributed by atoms with Gasteiger partial charge in [0.1, 0.15) is 5.04 Å². The number of aliphatic imine (C=N–C) groups is 1. The molecule has 0 saturated carbocycles. The summed E-state index contributed by atoms with van der Waals surface area (Å²) < 4.78 is 5.43. The van der Waals surface area contributed by atoms with Gasteiger partial charge in [-0.2, -0.15) is 0 Å². The van der Waals surface area contributed by atoms with Crippen LogP contribution in [0, 0.1) is 0 Å². The molecule has 2 aromatic rings. The minimum absolute atomic E-state index is 0.0289. The quantitative estimate of drug-likeness (QED) is 0.805. The highest BCUT2D eigenvalue weighted by Gasteiger charge is 2.21. The van der Waals surface area contributed by atoms with E-state index in [1.54, 1.807) is 11.8 Å². The number of benzene rings is 1. The van der Waals surface area contributed by atoms with Gasteiger partial charge in [-0.25, -0.2) is 0 Å². The highest BCUT2D eigenvalue weighted by Crippen LogP contribution is 2.29. The predicted molar refractivity (Wildman–Crippen MR) is 95.6 cm³/mol. The highest BCUT2D eigenvalue weighted by molar-refractivity contribution is 8.14. The largest absolute Gasteiger partial charge is 0.394 e. The maximum absolute atomic E-state index is 9.25. The van der Waals surface area contributed by atoms with E-state index in [0.717, 1.165) is 53.7 Å². The summed E-state index contributed by atoms with van der Waals surface area (Å²) in [6, 6.07) is 8.98. The smallest absolute Gasteiger partial charge is 0.115 e. The van der Waals surface area contributed by atoms with Crippen molar-refractivity contribution in [2.24, 2.45) is 4.99 Å². The molecule has 0 radical (unpaired) electrons. The van der Waals surface area contributed by atoms with Crippen molar-refractivity contribution in [2.75, 3.05) is 30.9 Å². The molecule has 3 N–H and O–H groups in total. The third kappa shape index (κ3) is 3.11. The molecule has 122 valence electrons. The number of ether oxygens (including phenoxy) is 1. The average molecular weight is 331 g/mol. The van der Waals surface area contributed by atoms with Crippen LogP contribution in [0.4, 0.5) is 5.69 Å². The molecule has 6 heteroatoms. The minimum atomic E-state index is 0.0289. The molecule has 23 heavy (non-hydrogen) atoms. The number of nitrogens with zero attached hydrogens (tertiary/aromatic N) is 1. The molecule has 2 aliphatic heterocycles. The Morgan fingerprint density at radius 1 is 1.35 bits per heavy atom. The summed E-state index contributed by atoms with van der Waals surface area (Å²) in [5, 5.41) is 15.1. The zero-order valence-corrected chi connectivity index (χ0v) is 13.7. The van der Waals surface area contributed by atoms with Crippen LogP contribution in [0.1, 0.15) is 18.5 Å². The number of H-pyrrole nitrogens is 1. The Labute approximate surface area is 139 Å². The molecule has 0 spiro atoms. The van der Waals surface area contributed by atoms with Crippen LogP contribution in [0.25, 0.3) is 10.9 Å². The number of aromatic nitrogens is 1. The zero-order valence-electron chi connectivity index (χ0n) is 12.9. The van der Waals surface area contributed by atoms with Crippen molar-refractivity contribution in [1.82, 2.24) is 4.98 Å². The lowest BCUT2D eigenvalue weighted by Gasteiger charge is -2.24. The Kier molecular flexibility index (Phi) is 4.29. The van der Waals surface area contributed by atoms with Gasteiger partial charge in [0, 0.05) is 30.4 Å². The van der Waals surface area contributed by atoms with Gasteiger partial charge in [0.05, 0.1) is 29.5 Å². The van der Waals surface area contributed by atoms with E-state index in [1.165, 1.54) is 5.39 Å². The predicted octanol–water partition coefficient (Wildman–Crippen LogP) is 2.61. The number of rotatable bonds is 4. The van der Waals surface area contributed by atoms with E-state index in [1.807, 2.05) is 0 Å². The third-order valence-electron chi connectivity index (χ3n) is 4.39. The van der Waals surface area contributed by atoms with Crippen LogP contribution in [-0.2, 0) is 4.74 Å². The molecule has 4 rings (SSSR count). The fourth-order valence-electron chi connectivity index (χ4n) is 3.11. The summed E-state index contributed by atoms with van der Waals surface area (Å²) in [6.45, 7) is 1.78. The number of nitrogens with one attached hydrogen (secondary N) is 2. The number of aliphatic hydroxyl groups is 1. The summed E-state index contributed by atoms with van der Waals surface area (Å²) in [5.41, 5.74) is 3.31. The molecule has 1 fully saturated rings. The number of hydrogen-bond acceptors (Lipinski definition) is 5. The molecule has 0 aliphatic carbocycles. The van der Waals surface area contributed by atoms with E-state index >= 15 is 0 Å². The molecular weight excluding hydrogens is 310 g/mol. The summed E-state index contributed by atoms with van der Waals surface area (Å²) >= 11 is 1.71. The van der Waals surface area contributed by atoms with Crippen LogP contribution in [0.15, 0.2) is 29.3 Å². The SMILES string of the molecule is OCC1CSC(c2cc3cccc(NC4CCOCC4)c3[nH]2)=N1. The number of hydrogen-bond donors (Lipinski definition) is 3. The number of anilines is 1. The summed E-state index contributed by atoms with van der Waals surface area (Å²) in [5.74, 6) is 0.856. The van der Waals surface area contributed by atoms with Gasteiger partial charge in [0.15, 0.2) is 0 Å². The second kappa shape index (κ2) is 6.55. The number of para-hydroxylation sites is 1. The number of aromatic amines is 1. The van der Waals surface area contributed by atoms with Gasteiger partial charge >= 0.3 is 0 Å². The average Bonchev–Trinajstić information content (AvgIpc) is 3.23. The van der Waals surface area contributed by atoms with Gasteiger partial charge in [-0.1, -0.05) is 12.1 Å². The van der Waals surface area contributed by atoms with Crippen LogP contribution >= 0.6 is 11.8 Å². The lowest BCUT2D eigenvalue weighted by atomic mass is 10.1. The fraction of sp³-hybridized carbons (Fsp3) is 0.471. The third-order valence-corrected chi connectivity index (χ3v) is 5.54. The number of thioether (sulfide) groups is 1. The van der Waals surface area contributed by atoms with E-state index in [4.69, 9.17) is 4.74 Å². The van der Waals surface area contributed by atoms with Gasteiger partial charge in [0.2, 0.25) is 0 Å². The Hall–Kier alpha value is -1.50. The molecular formula is C17H21N3O2S. The topological polar surface area (TPSA) is 69.6 Å². The Morgan fingerprint density at radius 3 is 3.00 bits per heavy atom. The Bertz CT molecular complexity index is 722. The maximum Gasteiger partial charge on any atom is 0.115 e. The van der Waals surface area contributed by atoms with Crippen LogP contribution in [0.5, 0.6) is 0 Å². The second-order valence-electron chi connectivity index (χ2n) is 6.07. The van der Waals surface area contributed by atoms with E-state index < -0.39 is 0 Å². The van der Waals surface area contributed by atoms with Gasteiger partial charge in [0.25, 0.3) is 0 Å². The van der Waals surface area contributed by atoms with Crippen molar-refractivity contribution in [2.45, 2.75) is 24.9 Å².